The second-order valence-electron chi connectivity index (χ2n) is 11.7. The number of rotatable bonds is 13. The van der Waals surface area contributed by atoms with Gasteiger partial charge in [-0.05, 0) is 76.3 Å². The first-order valence-corrected chi connectivity index (χ1v) is 14.3. The zero-order valence-corrected chi connectivity index (χ0v) is 25.7. The van der Waals surface area contributed by atoms with Gasteiger partial charge in [-0.3, -0.25) is 9.59 Å². The molecule has 0 aliphatic carbocycles. The minimum absolute atomic E-state index is 0.0591. The van der Waals surface area contributed by atoms with Gasteiger partial charge in [-0.25, -0.2) is 4.79 Å². The number of amides is 3. The summed E-state index contributed by atoms with van der Waals surface area (Å²) in [5, 5.41) is 16.7. The Morgan fingerprint density at radius 1 is 1.02 bits per heavy atom. The fraction of sp³-hybridized carbons (Fsp3) is 0.531. The summed E-state index contributed by atoms with van der Waals surface area (Å²) in [6.45, 7) is 13.2. The number of hydrogen-bond donors (Lipinski definition) is 3. The van der Waals surface area contributed by atoms with Gasteiger partial charge in [0.15, 0.2) is 0 Å². The Morgan fingerprint density at radius 3 is 2.24 bits per heavy atom. The maximum Gasteiger partial charge on any atom is 0.408 e. The predicted molar refractivity (Wildman–Crippen MR) is 161 cm³/mol. The molecule has 0 spiro atoms. The van der Waals surface area contributed by atoms with E-state index in [1.807, 2.05) is 13.8 Å². The lowest BCUT2D eigenvalue weighted by Gasteiger charge is -2.35. The Labute approximate surface area is 244 Å². The average molecular weight is 570 g/mol. The van der Waals surface area contributed by atoms with Crippen LogP contribution in [0.1, 0.15) is 84.4 Å². The number of para-hydroxylation sites is 1. The number of aryl methyl sites for hydroxylation is 1. The van der Waals surface area contributed by atoms with Crippen LogP contribution in [0.15, 0.2) is 42.5 Å². The van der Waals surface area contributed by atoms with Crippen LogP contribution in [0.25, 0.3) is 0 Å². The van der Waals surface area contributed by atoms with Crippen molar-refractivity contribution in [1.82, 2.24) is 10.2 Å². The highest BCUT2D eigenvalue weighted by molar-refractivity contribution is 5.99. The summed E-state index contributed by atoms with van der Waals surface area (Å²) in [7, 11) is 1.56. The summed E-state index contributed by atoms with van der Waals surface area (Å²) in [5.74, 6) is -0.263. The standard InChI is InChI=1S/C32H47N3O6/c1-9-10-11-19-35(30(38)26(20-21(2)3)34-31(39)41-32(5,6)7)27(25-14-12-13-22(4)28(25)36)29(37)33-23-15-17-24(40-8)18-16-23/h12-18,21,26-27,36H,9-11,19-20H2,1-8H3,(H,33,37)(H,34,39). The summed E-state index contributed by atoms with van der Waals surface area (Å²) in [6.07, 6.45) is 2.02. The fourth-order valence-corrected chi connectivity index (χ4v) is 4.48. The van der Waals surface area contributed by atoms with Gasteiger partial charge in [0.05, 0.1) is 7.11 Å². The minimum atomic E-state index is -1.16. The molecule has 0 fully saturated rings. The van der Waals surface area contributed by atoms with Gasteiger partial charge in [0.1, 0.15) is 29.2 Å². The monoisotopic (exact) mass is 569 g/mol. The molecular formula is C32H47N3O6. The molecule has 9 heteroatoms. The Hall–Kier alpha value is -3.75. The van der Waals surface area contributed by atoms with Crippen molar-refractivity contribution in [2.45, 2.75) is 91.8 Å². The number of phenols is 1. The average Bonchev–Trinajstić information content (AvgIpc) is 2.88. The van der Waals surface area contributed by atoms with E-state index in [-0.39, 0.29) is 18.2 Å². The van der Waals surface area contributed by atoms with Crippen molar-refractivity contribution < 1.29 is 29.0 Å². The number of carbonyl (C=O) groups excluding carboxylic acids is 3. The highest BCUT2D eigenvalue weighted by atomic mass is 16.6. The largest absolute Gasteiger partial charge is 0.507 e. The number of nitrogens with one attached hydrogen (secondary N) is 2. The van der Waals surface area contributed by atoms with Gasteiger partial charge in [0.25, 0.3) is 5.91 Å². The molecule has 226 valence electrons. The molecule has 3 N–H and O–H groups in total. The normalized spacial score (nSPS) is 12.8. The van der Waals surface area contributed by atoms with Crippen LogP contribution in [0.5, 0.6) is 11.5 Å². The van der Waals surface area contributed by atoms with Gasteiger partial charge < -0.3 is 30.1 Å². The van der Waals surface area contributed by atoms with Crippen molar-refractivity contribution in [3.8, 4) is 11.5 Å². The molecule has 0 aliphatic heterocycles. The zero-order chi connectivity index (χ0) is 30.7. The molecule has 2 aromatic carbocycles. The quantitative estimate of drug-likeness (QED) is 0.242. The second kappa shape index (κ2) is 15.3. The molecule has 0 bridgehead atoms. The Balaban J connectivity index is 2.58. The first-order valence-electron chi connectivity index (χ1n) is 14.3. The minimum Gasteiger partial charge on any atom is -0.507 e. The third-order valence-electron chi connectivity index (χ3n) is 6.46. The maximum atomic E-state index is 14.3. The predicted octanol–water partition coefficient (Wildman–Crippen LogP) is 6.35. The maximum absolute atomic E-state index is 14.3. The third-order valence-corrected chi connectivity index (χ3v) is 6.46. The lowest BCUT2D eigenvalue weighted by molar-refractivity contribution is -0.141. The van der Waals surface area contributed by atoms with Crippen molar-refractivity contribution in [1.29, 1.82) is 0 Å². The van der Waals surface area contributed by atoms with Crippen LogP contribution in [0.2, 0.25) is 0 Å². The van der Waals surface area contributed by atoms with Gasteiger partial charge in [-0.2, -0.15) is 0 Å². The molecule has 2 rings (SSSR count). The van der Waals surface area contributed by atoms with Gasteiger partial charge in [-0.15, -0.1) is 0 Å². The van der Waals surface area contributed by atoms with E-state index >= 15 is 0 Å². The lowest BCUT2D eigenvalue weighted by Crippen LogP contribution is -2.53. The van der Waals surface area contributed by atoms with Gasteiger partial charge >= 0.3 is 6.09 Å². The van der Waals surface area contributed by atoms with E-state index in [0.717, 1.165) is 12.8 Å². The van der Waals surface area contributed by atoms with E-state index in [9.17, 15) is 19.5 Å². The third kappa shape index (κ3) is 10.3. The Morgan fingerprint density at radius 2 is 1.68 bits per heavy atom. The van der Waals surface area contributed by atoms with Crippen LogP contribution < -0.4 is 15.4 Å². The number of ether oxygens (including phenoxy) is 2. The molecule has 2 aromatic rings. The molecule has 0 saturated heterocycles. The number of carbonyl (C=O) groups is 3. The van der Waals surface area contributed by atoms with Crippen molar-refractivity contribution in [3.05, 3.63) is 53.6 Å². The number of phenolic OH excluding ortho intramolecular Hbond substituents is 1. The molecule has 0 aliphatic rings. The Kier molecular flexibility index (Phi) is 12.5. The summed E-state index contributed by atoms with van der Waals surface area (Å²) >= 11 is 0. The van der Waals surface area contributed by atoms with E-state index in [1.54, 1.807) is 77.3 Å². The van der Waals surface area contributed by atoms with Crippen LogP contribution in [0.4, 0.5) is 10.5 Å². The first-order chi connectivity index (χ1) is 19.3. The topological polar surface area (TPSA) is 117 Å². The number of anilines is 1. The number of hydrogen-bond acceptors (Lipinski definition) is 6. The van der Waals surface area contributed by atoms with Gasteiger partial charge in [-0.1, -0.05) is 51.8 Å². The van der Waals surface area contributed by atoms with E-state index in [2.05, 4.69) is 17.6 Å². The SMILES string of the molecule is CCCCCN(C(=O)C(CC(C)C)NC(=O)OC(C)(C)C)C(C(=O)Nc1ccc(OC)cc1)c1cccc(C)c1O. The van der Waals surface area contributed by atoms with Crippen LogP contribution in [-0.4, -0.2) is 53.2 Å². The Bertz CT molecular complexity index is 1160. The summed E-state index contributed by atoms with van der Waals surface area (Å²) in [4.78, 5) is 42.6. The molecule has 0 aromatic heterocycles. The van der Waals surface area contributed by atoms with Crippen LogP contribution in [0.3, 0.4) is 0 Å². The number of nitrogens with zero attached hydrogens (tertiary/aromatic N) is 1. The number of methoxy groups -OCH3 is 1. The van der Waals surface area contributed by atoms with Crippen LogP contribution >= 0.6 is 0 Å². The summed E-state index contributed by atoms with van der Waals surface area (Å²) in [6, 6.07) is 9.91. The van der Waals surface area contributed by atoms with E-state index < -0.39 is 35.6 Å². The molecule has 0 saturated carbocycles. The zero-order valence-electron chi connectivity index (χ0n) is 25.7. The number of alkyl carbamates (subject to hydrolysis) is 1. The highest BCUT2D eigenvalue weighted by Crippen LogP contribution is 2.34. The molecule has 0 radical (unpaired) electrons. The second-order valence-corrected chi connectivity index (χ2v) is 11.7. The molecule has 0 heterocycles. The highest BCUT2D eigenvalue weighted by Gasteiger charge is 2.37. The van der Waals surface area contributed by atoms with E-state index in [1.165, 1.54) is 4.90 Å². The molecule has 9 nitrogen and oxygen atoms in total. The molecule has 2 unspecified atom stereocenters. The van der Waals surface area contributed by atoms with Gasteiger partial charge in [0, 0.05) is 17.8 Å². The van der Waals surface area contributed by atoms with Crippen molar-refractivity contribution in [3.63, 3.8) is 0 Å². The lowest BCUT2D eigenvalue weighted by atomic mass is 9.97. The van der Waals surface area contributed by atoms with Crippen LogP contribution in [-0.2, 0) is 14.3 Å². The number of unbranched alkanes of at least 4 members (excludes halogenated alkanes) is 2. The molecule has 3 amide bonds. The summed E-state index contributed by atoms with van der Waals surface area (Å²) < 4.78 is 10.7. The van der Waals surface area contributed by atoms with Crippen molar-refractivity contribution in [2.75, 3.05) is 19.0 Å². The molecule has 41 heavy (non-hydrogen) atoms. The number of benzene rings is 2. The van der Waals surface area contributed by atoms with E-state index in [0.29, 0.717) is 35.4 Å². The van der Waals surface area contributed by atoms with Crippen LogP contribution in [0, 0.1) is 12.8 Å². The fourth-order valence-electron chi connectivity index (χ4n) is 4.48. The van der Waals surface area contributed by atoms with E-state index in [4.69, 9.17) is 9.47 Å². The molecule has 2 atom stereocenters. The van der Waals surface area contributed by atoms with Gasteiger partial charge in [0.2, 0.25) is 5.91 Å². The smallest absolute Gasteiger partial charge is 0.408 e. The number of aromatic hydroxyl groups is 1. The first kappa shape index (κ1) is 33.5. The molecular weight excluding hydrogens is 522 g/mol. The summed E-state index contributed by atoms with van der Waals surface area (Å²) in [5.41, 5.74) is 0.655. The van der Waals surface area contributed by atoms with Crippen molar-refractivity contribution >= 4 is 23.6 Å². The van der Waals surface area contributed by atoms with Crippen molar-refractivity contribution in [2.24, 2.45) is 5.92 Å².